The van der Waals surface area contributed by atoms with Gasteiger partial charge in [-0.1, -0.05) is 30.3 Å². The number of likely N-dealkylation sites (N-methyl/N-ethyl adjacent to an activating group) is 1. The third-order valence-electron chi connectivity index (χ3n) is 3.11. The molecule has 1 aromatic rings. The molecule has 0 aliphatic carbocycles. The molecule has 2 N–H and O–H groups in total. The summed E-state index contributed by atoms with van der Waals surface area (Å²) >= 11 is 0. The van der Waals surface area contributed by atoms with Crippen LogP contribution in [0.5, 0.6) is 0 Å². The molecule has 0 saturated heterocycles. The molecule has 2 atom stereocenters. The Morgan fingerprint density at radius 2 is 1.65 bits per heavy atom. The van der Waals surface area contributed by atoms with Crippen LogP contribution in [0, 0.1) is 0 Å². The van der Waals surface area contributed by atoms with Crippen molar-refractivity contribution in [3.8, 4) is 0 Å². The van der Waals surface area contributed by atoms with Gasteiger partial charge in [0, 0.05) is 14.1 Å². The molecular weight excluding hydrogens is 298 g/mol. The first-order valence-electron chi connectivity index (χ1n) is 7.30. The molecule has 7 heteroatoms. The summed E-state index contributed by atoms with van der Waals surface area (Å²) in [5.74, 6) is -0.679. The van der Waals surface area contributed by atoms with Gasteiger partial charge < -0.3 is 20.3 Å². The molecule has 0 aromatic heterocycles. The fraction of sp³-hybridized carbons (Fsp3) is 0.438. The van der Waals surface area contributed by atoms with E-state index in [2.05, 4.69) is 10.6 Å². The van der Waals surface area contributed by atoms with Gasteiger partial charge in [-0.25, -0.2) is 4.79 Å². The molecule has 3 amide bonds. The minimum atomic E-state index is -0.810. The van der Waals surface area contributed by atoms with Crippen LogP contribution >= 0.6 is 0 Å². The summed E-state index contributed by atoms with van der Waals surface area (Å²) in [5, 5.41) is 4.96. The first-order valence-corrected chi connectivity index (χ1v) is 7.30. The van der Waals surface area contributed by atoms with Crippen LogP contribution < -0.4 is 10.6 Å². The van der Waals surface area contributed by atoms with E-state index in [-0.39, 0.29) is 12.5 Å². The Kier molecular flexibility index (Phi) is 7.05. The Hall–Kier alpha value is -2.57. The molecule has 0 fully saturated rings. The maximum absolute atomic E-state index is 11.9. The molecule has 0 spiro atoms. The summed E-state index contributed by atoms with van der Waals surface area (Å²) in [5.41, 5.74) is 0.852. The summed E-state index contributed by atoms with van der Waals surface area (Å²) in [6.07, 6.45) is -0.692. The molecule has 0 aliphatic heterocycles. The number of alkyl carbamates (subject to hydrolysis) is 1. The summed E-state index contributed by atoms with van der Waals surface area (Å²) < 4.78 is 5.03. The lowest BCUT2D eigenvalue weighted by Crippen LogP contribution is -2.51. The second-order valence-corrected chi connectivity index (χ2v) is 5.39. The van der Waals surface area contributed by atoms with Gasteiger partial charge in [-0.2, -0.15) is 0 Å². The van der Waals surface area contributed by atoms with Crippen molar-refractivity contribution < 1.29 is 19.1 Å². The molecule has 23 heavy (non-hydrogen) atoms. The van der Waals surface area contributed by atoms with Gasteiger partial charge in [0.2, 0.25) is 11.8 Å². The Morgan fingerprint density at radius 1 is 1.04 bits per heavy atom. The summed E-state index contributed by atoms with van der Waals surface area (Å²) in [7, 11) is 3.21. The van der Waals surface area contributed by atoms with Crippen LogP contribution in [0.1, 0.15) is 19.4 Å². The number of carbonyl (C=O) groups excluding carboxylic acids is 3. The SMILES string of the molecule is C[C@H](NC(=O)OCc1ccccc1)C(=O)N[C@H](C)C(=O)N(C)C. The molecule has 7 nitrogen and oxygen atoms in total. The number of carbonyl (C=O) groups is 3. The number of hydrogen-bond acceptors (Lipinski definition) is 4. The van der Waals surface area contributed by atoms with Crippen molar-refractivity contribution in [2.24, 2.45) is 0 Å². The summed E-state index contributed by atoms with van der Waals surface area (Å²) in [6.45, 7) is 3.23. The van der Waals surface area contributed by atoms with Gasteiger partial charge in [0.1, 0.15) is 18.7 Å². The highest BCUT2D eigenvalue weighted by Crippen LogP contribution is 2.01. The van der Waals surface area contributed by atoms with E-state index in [9.17, 15) is 14.4 Å². The third-order valence-corrected chi connectivity index (χ3v) is 3.11. The minimum absolute atomic E-state index is 0.122. The molecule has 1 aromatic carbocycles. The Labute approximate surface area is 136 Å². The smallest absolute Gasteiger partial charge is 0.408 e. The van der Waals surface area contributed by atoms with Crippen molar-refractivity contribution in [2.45, 2.75) is 32.5 Å². The van der Waals surface area contributed by atoms with E-state index in [0.717, 1.165) is 5.56 Å². The van der Waals surface area contributed by atoms with Crippen LogP contribution in [-0.4, -0.2) is 49.0 Å². The van der Waals surface area contributed by atoms with Crippen LogP contribution in [0.2, 0.25) is 0 Å². The highest BCUT2D eigenvalue weighted by molar-refractivity contribution is 5.90. The number of amides is 3. The highest BCUT2D eigenvalue weighted by Gasteiger charge is 2.22. The van der Waals surface area contributed by atoms with E-state index >= 15 is 0 Å². The van der Waals surface area contributed by atoms with Crippen molar-refractivity contribution in [1.29, 1.82) is 0 Å². The molecule has 0 aliphatic rings. The predicted molar refractivity (Wildman–Crippen MR) is 85.5 cm³/mol. The monoisotopic (exact) mass is 321 g/mol. The van der Waals surface area contributed by atoms with Crippen LogP contribution in [0.25, 0.3) is 0 Å². The van der Waals surface area contributed by atoms with Crippen molar-refractivity contribution in [3.05, 3.63) is 35.9 Å². The third kappa shape index (κ3) is 6.37. The lowest BCUT2D eigenvalue weighted by molar-refractivity contribution is -0.134. The van der Waals surface area contributed by atoms with E-state index in [0.29, 0.717) is 0 Å². The van der Waals surface area contributed by atoms with E-state index in [1.54, 1.807) is 21.0 Å². The molecule has 0 heterocycles. The van der Waals surface area contributed by atoms with Crippen LogP contribution in [0.3, 0.4) is 0 Å². The van der Waals surface area contributed by atoms with Crippen molar-refractivity contribution in [2.75, 3.05) is 14.1 Å². The highest BCUT2D eigenvalue weighted by atomic mass is 16.5. The zero-order chi connectivity index (χ0) is 17.4. The van der Waals surface area contributed by atoms with Crippen LogP contribution in [0.4, 0.5) is 4.79 Å². The van der Waals surface area contributed by atoms with E-state index < -0.39 is 24.1 Å². The molecular formula is C16H23N3O4. The number of hydrogen-bond donors (Lipinski definition) is 2. The van der Waals surface area contributed by atoms with E-state index in [1.807, 2.05) is 30.3 Å². The predicted octanol–water partition coefficient (Wildman–Crippen LogP) is 0.894. The lowest BCUT2D eigenvalue weighted by atomic mass is 10.2. The van der Waals surface area contributed by atoms with Gasteiger partial charge in [-0.15, -0.1) is 0 Å². The standard InChI is InChI=1S/C16H23N3O4/c1-11(14(20)17-12(2)15(21)19(3)4)18-16(22)23-10-13-8-6-5-7-9-13/h5-9,11-12H,10H2,1-4H3,(H,17,20)(H,18,22)/t11-,12+/m0/s1. The van der Waals surface area contributed by atoms with Gasteiger partial charge in [-0.3, -0.25) is 9.59 Å². The molecule has 0 saturated carbocycles. The Balaban J connectivity index is 2.39. The molecule has 0 bridgehead atoms. The van der Waals surface area contributed by atoms with E-state index in [1.165, 1.54) is 11.8 Å². The summed E-state index contributed by atoms with van der Waals surface area (Å²) in [4.78, 5) is 36.7. The number of rotatable bonds is 6. The molecule has 1 rings (SSSR count). The number of nitrogens with zero attached hydrogens (tertiary/aromatic N) is 1. The first kappa shape index (κ1) is 18.5. The Morgan fingerprint density at radius 3 is 2.22 bits per heavy atom. The van der Waals surface area contributed by atoms with Crippen molar-refractivity contribution in [1.82, 2.24) is 15.5 Å². The van der Waals surface area contributed by atoms with Crippen molar-refractivity contribution in [3.63, 3.8) is 0 Å². The minimum Gasteiger partial charge on any atom is -0.445 e. The zero-order valence-corrected chi connectivity index (χ0v) is 13.8. The van der Waals surface area contributed by atoms with Gasteiger partial charge in [0.25, 0.3) is 0 Å². The largest absolute Gasteiger partial charge is 0.445 e. The zero-order valence-electron chi connectivity index (χ0n) is 13.8. The second kappa shape index (κ2) is 8.77. The Bertz CT molecular complexity index is 546. The number of nitrogens with one attached hydrogen (secondary N) is 2. The van der Waals surface area contributed by atoms with Gasteiger partial charge in [0.05, 0.1) is 0 Å². The van der Waals surface area contributed by atoms with Gasteiger partial charge >= 0.3 is 6.09 Å². The number of ether oxygens (including phenoxy) is 1. The molecule has 0 unspecified atom stereocenters. The second-order valence-electron chi connectivity index (χ2n) is 5.39. The molecule has 0 radical (unpaired) electrons. The maximum atomic E-state index is 11.9. The number of benzene rings is 1. The average Bonchev–Trinajstić information content (AvgIpc) is 2.52. The quantitative estimate of drug-likeness (QED) is 0.815. The summed E-state index contributed by atoms with van der Waals surface area (Å²) in [6, 6.07) is 7.74. The maximum Gasteiger partial charge on any atom is 0.408 e. The van der Waals surface area contributed by atoms with Crippen LogP contribution in [0.15, 0.2) is 30.3 Å². The van der Waals surface area contributed by atoms with Crippen molar-refractivity contribution >= 4 is 17.9 Å². The fourth-order valence-corrected chi connectivity index (χ4v) is 1.79. The topological polar surface area (TPSA) is 87.7 Å². The normalized spacial score (nSPS) is 12.7. The van der Waals surface area contributed by atoms with Gasteiger partial charge in [-0.05, 0) is 19.4 Å². The van der Waals surface area contributed by atoms with E-state index in [4.69, 9.17) is 4.74 Å². The fourth-order valence-electron chi connectivity index (χ4n) is 1.79. The molecule has 126 valence electrons. The van der Waals surface area contributed by atoms with Crippen LogP contribution in [-0.2, 0) is 20.9 Å². The average molecular weight is 321 g/mol. The van der Waals surface area contributed by atoms with Gasteiger partial charge in [0.15, 0.2) is 0 Å². The lowest BCUT2D eigenvalue weighted by Gasteiger charge is -2.20. The first-order chi connectivity index (χ1) is 10.8.